The third kappa shape index (κ3) is 5.68. The summed E-state index contributed by atoms with van der Waals surface area (Å²) in [7, 11) is 1.68. The third-order valence-corrected chi connectivity index (χ3v) is 10.3. The van der Waals surface area contributed by atoms with Crippen LogP contribution in [0.25, 0.3) is 15.7 Å². The van der Waals surface area contributed by atoms with Crippen molar-refractivity contribution < 1.29 is 9.84 Å². The summed E-state index contributed by atoms with van der Waals surface area (Å²) < 4.78 is 6.99. The van der Waals surface area contributed by atoms with Gasteiger partial charge in [0.1, 0.15) is 5.75 Å². The fourth-order valence-electron chi connectivity index (χ4n) is 6.45. The highest BCUT2D eigenvalue weighted by Crippen LogP contribution is 2.42. The minimum atomic E-state index is -0.100. The Hall–Kier alpha value is -3.91. The summed E-state index contributed by atoms with van der Waals surface area (Å²) in [6, 6.07) is 31.2. The Bertz CT molecular complexity index is 1900. The van der Waals surface area contributed by atoms with E-state index in [2.05, 4.69) is 78.6 Å². The van der Waals surface area contributed by atoms with E-state index in [1.165, 1.54) is 16.9 Å². The first-order valence-electron chi connectivity index (χ1n) is 15.2. The Morgan fingerprint density at radius 1 is 0.932 bits per heavy atom. The average Bonchev–Trinajstić information content (AvgIpc) is 3.61. The van der Waals surface area contributed by atoms with Crippen molar-refractivity contribution in [1.29, 1.82) is 0 Å². The van der Waals surface area contributed by atoms with Crippen LogP contribution >= 0.6 is 22.9 Å². The third-order valence-electron chi connectivity index (χ3n) is 8.99. The van der Waals surface area contributed by atoms with Crippen LogP contribution in [0.4, 0.5) is 0 Å². The molecule has 1 aliphatic rings. The lowest BCUT2D eigenvalue weighted by Crippen LogP contribution is -2.37. The number of thiazole rings is 1. The van der Waals surface area contributed by atoms with Crippen LogP contribution in [0.1, 0.15) is 59.1 Å². The molecule has 1 saturated heterocycles. The van der Waals surface area contributed by atoms with Crippen molar-refractivity contribution >= 4 is 38.7 Å². The van der Waals surface area contributed by atoms with Crippen LogP contribution in [-0.2, 0) is 6.42 Å². The molecular weight excluding hydrogens is 588 g/mol. The van der Waals surface area contributed by atoms with Gasteiger partial charge in [0.25, 0.3) is 0 Å². The molecule has 224 valence electrons. The number of likely N-dealkylation sites (tertiary alicyclic amines) is 1. The van der Waals surface area contributed by atoms with Gasteiger partial charge in [0.2, 0.25) is 10.8 Å². The van der Waals surface area contributed by atoms with Gasteiger partial charge in [-0.3, -0.25) is 4.90 Å². The molecule has 0 amide bonds. The van der Waals surface area contributed by atoms with Gasteiger partial charge in [0.15, 0.2) is 5.82 Å². The van der Waals surface area contributed by atoms with E-state index < -0.39 is 0 Å². The fourth-order valence-corrected chi connectivity index (χ4v) is 7.70. The summed E-state index contributed by atoms with van der Waals surface area (Å²) in [6.07, 6.45) is 3.33. The molecule has 0 aliphatic carbocycles. The Labute approximate surface area is 266 Å². The number of halogens is 1. The average molecular weight is 623 g/mol. The van der Waals surface area contributed by atoms with Crippen molar-refractivity contribution in [3.63, 3.8) is 0 Å². The van der Waals surface area contributed by atoms with Crippen LogP contribution in [0.15, 0.2) is 91.0 Å². The molecule has 0 saturated carbocycles. The van der Waals surface area contributed by atoms with Crippen molar-refractivity contribution in [3.8, 4) is 11.6 Å². The van der Waals surface area contributed by atoms with Crippen LogP contribution in [-0.4, -0.2) is 44.8 Å². The zero-order valence-electron chi connectivity index (χ0n) is 24.9. The normalized spacial score (nSPS) is 16.0. The number of rotatable bonds is 8. The molecule has 6 nitrogen and oxygen atoms in total. The molecule has 6 aromatic rings. The smallest absolute Gasteiger partial charge is 0.230 e. The summed E-state index contributed by atoms with van der Waals surface area (Å²) in [4.78, 5) is 8.97. The molecular formula is C36H35ClN4O2S. The van der Waals surface area contributed by atoms with Gasteiger partial charge in [-0.2, -0.15) is 4.52 Å². The maximum atomic E-state index is 11.6. The summed E-state index contributed by atoms with van der Waals surface area (Å²) in [5.74, 6) is 2.31. The molecule has 2 aromatic heterocycles. The second kappa shape index (κ2) is 12.2. The molecule has 7 rings (SSSR count). The SMILES string of the molecule is COc1ccc2cc([C@H](C)c3nc4sc([C@H](c5ccc(Cl)cc5)N5CCC(Cc6ccccc6)CC5)c(O)n4n3)ccc2c1. The lowest BCUT2D eigenvalue weighted by atomic mass is 9.89. The number of methoxy groups -OCH3 is 1. The number of hydrogen-bond acceptors (Lipinski definition) is 6. The van der Waals surface area contributed by atoms with E-state index in [1.54, 1.807) is 11.6 Å². The lowest BCUT2D eigenvalue weighted by Gasteiger charge is -2.37. The number of nitrogens with zero attached hydrogens (tertiary/aromatic N) is 4. The second-order valence-electron chi connectivity index (χ2n) is 11.8. The van der Waals surface area contributed by atoms with E-state index in [4.69, 9.17) is 26.4 Å². The summed E-state index contributed by atoms with van der Waals surface area (Å²) >= 11 is 7.79. The largest absolute Gasteiger partial charge is 0.497 e. The summed E-state index contributed by atoms with van der Waals surface area (Å²) in [5, 5.41) is 19.4. The molecule has 0 spiro atoms. The van der Waals surface area contributed by atoms with Crippen molar-refractivity contribution in [2.75, 3.05) is 20.2 Å². The first kappa shape index (κ1) is 28.8. The van der Waals surface area contributed by atoms with Crippen LogP contribution < -0.4 is 4.74 Å². The molecule has 2 atom stereocenters. The van der Waals surface area contributed by atoms with Gasteiger partial charge in [-0.15, -0.1) is 5.10 Å². The molecule has 1 aliphatic heterocycles. The number of fused-ring (bicyclic) bond motifs is 2. The zero-order chi connectivity index (χ0) is 30.2. The highest BCUT2D eigenvalue weighted by Gasteiger charge is 2.32. The van der Waals surface area contributed by atoms with Crippen LogP contribution in [0, 0.1) is 5.92 Å². The molecule has 44 heavy (non-hydrogen) atoms. The van der Waals surface area contributed by atoms with Gasteiger partial charge in [0, 0.05) is 10.9 Å². The molecule has 0 radical (unpaired) electrons. The molecule has 3 heterocycles. The first-order chi connectivity index (χ1) is 21.5. The highest BCUT2D eigenvalue weighted by atomic mass is 35.5. The number of aromatic hydroxyl groups is 1. The van der Waals surface area contributed by atoms with Gasteiger partial charge in [-0.1, -0.05) is 96.6 Å². The van der Waals surface area contributed by atoms with E-state index >= 15 is 0 Å². The van der Waals surface area contributed by atoms with Gasteiger partial charge >= 0.3 is 0 Å². The Morgan fingerprint density at radius 3 is 2.36 bits per heavy atom. The van der Waals surface area contributed by atoms with E-state index in [-0.39, 0.29) is 17.8 Å². The fraction of sp³-hybridized carbons (Fsp3) is 0.278. The maximum Gasteiger partial charge on any atom is 0.230 e. The number of hydrogen-bond donors (Lipinski definition) is 1. The molecule has 1 N–H and O–H groups in total. The summed E-state index contributed by atoms with van der Waals surface area (Å²) in [5.41, 5.74) is 3.63. The standard InChI is InChI=1S/C36H35ClN4O2S/c1-23(27-8-9-29-22-31(43-2)15-12-28(29)21-27)34-38-36-41(39-34)35(42)33(44-36)32(26-10-13-30(37)14-11-26)40-18-16-25(17-19-40)20-24-6-4-3-5-7-24/h3-15,21-23,25,32,42H,16-20H2,1-2H3/t23-,32-/m0/s1. The van der Waals surface area contributed by atoms with Crippen molar-refractivity contribution in [3.05, 3.63) is 123 Å². The maximum absolute atomic E-state index is 11.6. The van der Waals surface area contributed by atoms with E-state index in [0.717, 1.165) is 64.9 Å². The van der Waals surface area contributed by atoms with Crippen LogP contribution in [0.2, 0.25) is 5.02 Å². The van der Waals surface area contributed by atoms with Crippen molar-refractivity contribution in [2.24, 2.45) is 5.92 Å². The minimum absolute atomic E-state index is 0.0350. The summed E-state index contributed by atoms with van der Waals surface area (Å²) in [6.45, 7) is 4.01. The molecule has 4 aromatic carbocycles. The monoisotopic (exact) mass is 622 g/mol. The van der Waals surface area contributed by atoms with Gasteiger partial charge in [-0.05, 0) is 90.0 Å². The number of piperidine rings is 1. The topological polar surface area (TPSA) is 62.9 Å². The number of ether oxygens (including phenoxy) is 1. The lowest BCUT2D eigenvalue weighted by molar-refractivity contribution is 0.150. The molecule has 0 unspecified atom stereocenters. The van der Waals surface area contributed by atoms with Crippen LogP contribution in [0.5, 0.6) is 11.6 Å². The number of benzene rings is 4. The van der Waals surface area contributed by atoms with Crippen LogP contribution in [0.3, 0.4) is 0 Å². The van der Waals surface area contributed by atoms with E-state index in [9.17, 15) is 5.11 Å². The van der Waals surface area contributed by atoms with Crippen molar-refractivity contribution in [1.82, 2.24) is 19.5 Å². The molecule has 0 bridgehead atoms. The number of aromatic nitrogens is 3. The predicted molar refractivity (Wildman–Crippen MR) is 178 cm³/mol. The molecule has 1 fully saturated rings. The predicted octanol–water partition coefficient (Wildman–Crippen LogP) is 8.51. The quantitative estimate of drug-likeness (QED) is 0.184. The van der Waals surface area contributed by atoms with Gasteiger partial charge < -0.3 is 9.84 Å². The second-order valence-corrected chi connectivity index (χ2v) is 13.2. The van der Waals surface area contributed by atoms with Crippen molar-refractivity contribution in [2.45, 2.75) is 38.1 Å². The first-order valence-corrected chi connectivity index (χ1v) is 16.4. The Balaban J connectivity index is 1.16. The Morgan fingerprint density at radius 2 is 1.64 bits per heavy atom. The zero-order valence-corrected chi connectivity index (χ0v) is 26.4. The Kier molecular flexibility index (Phi) is 8.02. The molecule has 8 heteroatoms. The van der Waals surface area contributed by atoms with E-state index in [1.807, 2.05) is 24.3 Å². The van der Waals surface area contributed by atoms with E-state index in [0.29, 0.717) is 21.7 Å². The highest BCUT2D eigenvalue weighted by molar-refractivity contribution is 7.17. The van der Waals surface area contributed by atoms with Gasteiger partial charge in [-0.25, -0.2) is 4.98 Å². The minimum Gasteiger partial charge on any atom is -0.497 e. The van der Waals surface area contributed by atoms with Gasteiger partial charge in [0.05, 0.1) is 18.0 Å².